The minimum atomic E-state index is -3.95. The Morgan fingerprint density at radius 3 is 2.41 bits per heavy atom. The summed E-state index contributed by atoms with van der Waals surface area (Å²) in [5, 5.41) is 16.5. The van der Waals surface area contributed by atoms with Gasteiger partial charge in [0.05, 0.1) is 23.1 Å². The number of anilines is 1. The number of benzene rings is 2. The van der Waals surface area contributed by atoms with Gasteiger partial charge in [-0.25, -0.2) is 13.6 Å². The van der Waals surface area contributed by atoms with Crippen molar-refractivity contribution in [1.82, 2.24) is 4.98 Å². The van der Waals surface area contributed by atoms with Crippen molar-refractivity contribution < 1.29 is 27.9 Å². The van der Waals surface area contributed by atoms with Crippen LogP contribution in [0.5, 0.6) is 5.75 Å². The predicted octanol–water partition coefficient (Wildman–Crippen LogP) is 3.70. The van der Waals surface area contributed by atoms with Gasteiger partial charge in [0.2, 0.25) is 10.0 Å². The maximum Gasteiger partial charge on any atom is 0.300 e. The third-order valence-electron chi connectivity index (χ3n) is 5.91. The Labute approximate surface area is 215 Å². The average Bonchev–Trinajstić information content (AvgIpc) is 3.13. The van der Waals surface area contributed by atoms with Crippen LogP contribution in [-0.2, 0) is 19.6 Å². The van der Waals surface area contributed by atoms with Gasteiger partial charge >= 0.3 is 0 Å². The molecule has 37 heavy (non-hydrogen) atoms. The van der Waals surface area contributed by atoms with Crippen LogP contribution in [0.1, 0.15) is 36.6 Å². The molecule has 0 spiro atoms. The number of hydrogen-bond donors (Lipinski definition) is 2. The van der Waals surface area contributed by atoms with E-state index in [1.807, 2.05) is 20.8 Å². The molecule has 1 aliphatic heterocycles. The molecule has 1 saturated heterocycles. The summed E-state index contributed by atoms with van der Waals surface area (Å²) in [5.74, 6) is -1.09. The van der Waals surface area contributed by atoms with Gasteiger partial charge in [0.1, 0.15) is 11.5 Å². The third-order valence-corrected chi connectivity index (χ3v) is 6.84. The van der Waals surface area contributed by atoms with Gasteiger partial charge in [-0.05, 0) is 72.5 Å². The molecule has 0 aliphatic carbocycles. The standard InChI is InChI=1S/C27H27N3O6S/c1-16(2)15-36-22-11-6-18(13-17(22)3)25(31)23-24(19-5-4-12-29-14-19)30(27(33)26(23)32)20-7-9-21(10-8-20)37(28,34)35/h4-14,16,24,31H,15H2,1-3H3,(H2,28,34,35)/b25-23+. The van der Waals surface area contributed by atoms with Gasteiger partial charge in [0.15, 0.2) is 0 Å². The number of amides is 1. The van der Waals surface area contributed by atoms with Gasteiger partial charge in [0, 0.05) is 23.6 Å². The minimum absolute atomic E-state index is 0.108. The number of aliphatic hydroxyl groups excluding tert-OH is 1. The van der Waals surface area contributed by atoms with Crippen molar-refractivity contribution >= 4 is 33.2 Å². The monoisotopic (exact) mass is 521 g/mol. The Kier molecular flexibility index (Phi) is 7.15. The molecule has 2 heterocycles. The molecule has 4 rings (SSSR count). The lowest BCUT2D eigenvalue weighted by Gasteiger charge is -2.25. The van der Waals surface area contributed by atoms with Crippen LogP contribution >= 0.6 is 0 Å². The van der Waals surface area contributed by atoms with Gasteiger partial charge in [-0.1, -0.05) is 19.9 Å². The number of aryl methyl sites for hydroxylation is 1. The van der Waals surface area contributed by atoms with Crippen LogP contribution in [-0.4, -0.2) is 36.8 Å². The van der Waals surface area contributed by atoms with E-state index >= 15 is 0 Å². The second-order valence-electron chi connectivity index (χ2n) is 9.18. The van der Waals surface area contributed by atoms with Crippen molar-refractivity contribution in [3.8, 4) is 5.75 Å². The van der Waals surface area contributed by atoms with Gasteiger partial charge in [-0.2, -0.15) is 0 Å². The fraction of sp³-hybridized carbons (Fsp3) is 0.222. The molecular weight excluding hydrogens is 494 g/mol. The fourth-order valence-corrected chi connectivity index (χ4v) is 4.63. The van der Waals surface area contributed by atoms with Crippen molar-refractivity contribution in [2.75, 3.05) is 11.5 Å². The summed E-state index contributed by atoms with van der Waals surface area (Å²) in [6.07, 6.45) is 3.06. The van der Waals surface area contributed by atoms with E-state index in [0.717, 1.165) is 5.56 Å². The topological polar surface area (TPSA) is 140 Å². The highest BCUT2D eigenvalue weighted by molar-refractivity contribution is 7.89. The number of aromatic nitrogens is 1. The molecule has 192 valence electrons. The summed E-state index contributed by atoms with van der Waals surface area (Å²) in [6.45, 7) is 6.43. The summed E-state index contributed by atoms with van der Waals surface area (Å²) in [6, 6.07) is 12.7. The molecule has 1 fully saturated rings. The first-order valence-electron chi connectivity index (χ1n) is 11.6. The molecule has 1 amide bonds. The van der Waals surface area contributed by atoms with Crippen LogP contribution in [0.15, 0.2) is 77.5 Å². The number of aliphatic hydroxyl groups is 1. The highest BCUT2D eigenvalue weighted by atomic mass is 32.2. The third kappa shape index (κ3) is 5.25. The van der Waals surface area contributed by atoms with E-state index < -0.39 is 27.8 Å². The van der Waals surface area contributed by atoms with E-state index in [1.54, 1.807) is 36.5 Å². The smallest absolute Gasteiger partial charge is 0.300 e. The first-order valence-corrected chi connectivity index (χ1v) is 13.1. The van der Waals surface area contributed by atoms with Gasteiger partial charge < -0.3 is 9.84 Å². The van der Waals surface area contributed by atoms with E-state index in [1.165, 1.54) is 35.4 Å². The molecule has 3 aromatic rings. The number of Topliss-reactive ketones (excluding diaryl/α,β-unsaturated/α-hetero) is 1. The van der Waals surface area contributed by atoms with E-state index in [0.29, 0.717) is 29.4 Å². The van der Waals surface area contributed by atoms with Gasteiger partial charge in [-0.15, -0.1) is 0 Å². The molecule has 1 atom stereocenters. The quantitative estimate of drug-likeness (QED) is 0.274. The SMILES string of the molecule is Cc1cc(/C(O)=C2\C(=O)C(=O)N(c3ccc(S(N)(=O)=O)cc3)C2c2cccnc2)ccc1OCC(C)C. The van der Waals surface area contributed by atoms with E-state index in [2.05, 4.69) is 4.98 Å². The molecule has 0 saturated carbocycles. The highest BCUT2D eigenvalue weighted by Gasteiger charge is 2.47. The van der Waals surface area contributed by atoms with E-state index in [4.69, 9.17) is 9.88 Å². The number of pyridine rings is 1. The Morgan fingerprint density at radius 2 is 1.84 bits per heavy atom. The minimum Gasteiger partial charge on any atom is -0.507 e. The number of carbonyl (C=O) groups excluding carboxylic acids is 2. The average molecular weight is 522 g/mol. The van der Waals surface area contributed by atoms with Crippen LogP contribution in [0, 0.1) is 12.8 Å². The van der Waals surface area contributed by atoms with Crippen molar-refractivity contribution in [1.29, 1.82) is 0 Å². The van der Waals surface area contributed by atoms with E-state index in [9.17, 15) is 23.1 Å². The van der Waals surface area contributed by atoms with Crippen molar-refractivity contribution in [2.24, 2.45) is 11.1 Å². The molecule has 1 aliphatic rings. The van der Waals surface area contributed by atoms with Crippen LogP contribution in [0.2, 0.25) is 0 Å². The van der Waals surface area contributed by atoms with Crippen LogP contribution in [0.3, 0.4) is 0 Å². The van der Waals surface area contributed by atoms with Gasteiger partial charge in [-0.3, -0.25) is 19.5 Å². The largest absolute Gasteiger partial charge is 0.507 e. The lowest BCUT2D eigenvalue weighted by Crippen LogP contribution is -2.29. The Morgan fingerprint density at radius 1 is 1.14 bits per heavy atom. The molecule has 10 heteroatoms. The summed E-state index contributed by atoms with van der Waals surface area (Å²) in [7, 11) is -3.95. The predicted molar refractivity (Wildman–Crippen MR) is 138 cm³/mol. The molecule has 0 radical (unpaired) electrons. The molecule has 0 bridgehead atoms. The summed E-state index contributed by atoms with van der Waals surface area (Å²) in [4.78, 5) is 31.7. The lowest BCUT2D eigenvalue weighted by atomic mass is 9.95. The molecule has 9 nitrogen and oxygen atoms in total. The Balaban J connectivity index is 1.83. The zero-order valence-corrected chi connectivity index (χ0v) is 21.4. The number of hydrogen-bond acceptors (Lipinski definition) is 7. The van der Waals surface area contributed by atoms with Crippen molar-refractivity contribution in [3.63, 3.8) is 0 Å². The number of nitrogens with zero attached hydrogens (tertiary/aromatic N) is 2. The van der Waals surface area contributed by atoms with Crippen molar-refractivity contribution in [3.05, 3.63) is 89.3 Å². The van der Waals surface area contributed by atoms with E-state index in [-0.39, 0.29) is 21.9 Å². The molecule has 3 N–H and O–H groups in total. The van der Waals surface area contributed by atoms with Crippen LogP contribution in [0.4, 0.5) is 5.69 Å². The number of ketones is 1. The maximum absolute atomic E-state index is 13.3. The molecular formula is C27H27N3O6S. The summed E-state index contributed by atoms with van der Waals surface area (Å²) < 4.78 is 29.2. The normalized spacial score (nSPS) is 17.4. The fourth-order valence-electron chi connectivity index (χ4n) is 4.12. The second-order valence-corrected chi connectivity index (χ2v) is 10.7. The summed E-state index contributed by atoms with van der Waals surface area (Å²) >= 11 is 0. The Hall–Kier alpha value is -4.02. The number of rotatable bonds is 7. The zero-order valence-electron chi connectivity index (χ0n) is 20.6. The zero-order chi connectivity index (χ0) is 26.9. The number of primary sulfonamides is 1. The van der Waals surface area contributed by atoms with Crippen LogP contribution < -0.4 is 14.8 Å². The van der Waals surface area contributed by atoms with Crippen molar-refractivity contribution in [2.45, 2.75) is 31.7 Å². The first-order chi connectivity index (χ1) is 17.5. The number of carbonyl (C=O) groups is 2. The number of nitrogens with two attached hydrogens (primary N) is 1. The second kappa shape index (κ2) is 10.2. The number of sulfonamides is 1. The maximum atomic E-state index is 13.3. The molecule has 1 aromatic heterocycles. The molecule has 2 aromatic carbocycles. The molecule has 1 unspecified atom stereocenters. The number of ether oxygens (including phenoxy) is 1. The first kappa shape index (κ1) is 26.1. The Bertz CT molecular complexity index is 1480. The van der Waals surface area contributed by atoms with Crippen LogP contribution in [0.25, 0.3) is 5.76 Å². The summed E-state index contributed by atoms with van der Waals surface area (Å²) in [5.41, 5.74) is 1.76. The lowest BCUT2D eigenvalue weighted by molar-refractivity contribution is -0.132. The van der Waals surface area contributed by atoms with Gasteiger partial charge in [0.25, 0.3) is 11.7 Å². The highest BCUT2D eigenvalue weighted by Crippen LogP contribution is 2.42.